The maximum absolute atomic E-state index is 12.5. The summed E-state index contributed by atoms with van der Waals surface area (Å²) in [5, 5.41) is 0. The summed E-state index contributed by atoms with van der Waals surface area (Å²) in [5.74, 6) is 0. The highest BCUT2D eigenvalue weighted by atomic mass is 32.2. The van der Waals surface area contributed by atoms with Crippen LogP contribution < -0.4 is 10.5 Å². The Morgan fingerprint density at radius 2 is 1.59 bits per heavy atom. The second-order valence-electron chi connectivity index (χ2n) is 5.12. The van der Waals surface area contributed by atoms with Gasteiger partial charge in [0.2, 0.25) is 15.6 Å². The maximum atomic E-state index is 12.5. The zero-order chi connectivity index (χ0) is 15.6. The minimum absolute atomic E-state index is 0.144. The van der Waals surface area contributed by atoms with Crippen molar-refractivity contribution in [2.45, 2.75) is 4.90 Å². The van der Waals surface area contributed by atoms with E-state index < -0.39 is 10.0 Å². The van der Waals surface area contributed by atoms with Gasteiger partial charge in [0.1, 0.15) is 0 Å². The van der Waals surface area contributed by atoms with E-state index in [0.29, 0.717) is 31.1 Å². The monoisotopic (exact) mass is 319 g/mol. The summed E-state index contributed by atoms with van der Waals surface area (Å²) in [6.45, 7) is 2.04. The lowest BCUT2D eigenvalue weighted by molar-refractivity contribution is 0.385. The molecule has 7 heteroatoms. The standard InChI is InChI=1S/C15H17N3O3S/c19-15-7-6-13(12-16-15)17-8-10-18(11-9-17)22(20,21)14-4-2-1-3-5-14/h1-7,12H,8-11H2,(H,16,19). The summed E-state index contributed by atoms with van der Waals surface area (Å²) in [6.07, 6.45) is 1.66. The average Bonchev–Trinajstić information content (AvgIpc) is 2.56. The van der Waals surface area contributed by atoms with Crippen molar-refractivity contribution in [2.75, 3.05) is 31.1 Å². The van der Waals surface area contributed by atoms with Crippen molar-refractivity contribution >= 4 is 15.7 Å². The van der Waals surface area contributed by atoms with Crippen molar-refractivity contribution < 1.29 is 8.42 Å². The Kier molecular flexibility index (Phi) is 4.00. The van der Waals surface area contributed by atoms with E-state index >= 15 is 0 Å². The Morgan fingerprint density at radius 3 is 2.18 bits per heavy atom. The number of hydrogen-bond donors (Lipinski definition) is 1. The molecule has 6 nitrogen and oxygen atoms in total. The van der Waals surface area contributed by atoms with E-state index in [4.69, 9.17) is 0 Å². The second kappa shape index (κ2) is 5.94. The van der Waals surface area contributed by atoms with Crippen molar-refractivity contribution in [1.82, 2.24) is 9.29 Å². The third-order valence-corrected chi connectivity index (χ3v) is 5.67. The summed E-state index contributed by atoms with van der Waals surface area (Å²) < 4.78 is 26.6. The van der Waals surface area contributed by atoms with Crippen LogP contribution in [-0.4, -0.2) is 43.9 Å². The number of aromatic amines is 1. The summed E-state index contributed by atoms with van der Waals surface area (Å²) in [7, 11) is -3.43. The van der Waals surface area contributed by atoms with Gasteiger partial charge in [-0.15, -0.1) is 0 Å². The summed E-state index contributed by atoms with van der Waals surface area (Å²) in [6, 6.07) is 11.7. The number of benzene rings is 1. The molecule has 2 aromatic rings. The van der Waals surface area contributed by atoms with Gasteiger partial charge in [0.05, 0.1) is 10.6 Å². The van der Waals surface area contributed by atoms with E-state index in [9.17, 15) is 13.2 Å². The van der Waals surface area contributed by atoms with Gasteiger partial charge in [-0.2, -0.15) is 4.31 Å². The lowest BCUT2D eigenvalue weighted by atomic mass is 10.3. The van der Waals surface area contributed by atoms with E-state index in [1.807, 2.05) is 0 Å². The molecule has 1 aliphatic heterocycles. The summed E-state index contributed by atoms with van der Waals surface area (Å²) in [5.41, 5.74) is 0.755. The minimum Gasteiger partial charge on any atom is -0.368 e. The number of hydrogen-bond acceptors (Lipinski definition) is 4. The molecule has 0 saturated carbocycles. The molecule has 0 spiro atoms. The van der Waals surface area contributed by atoms with Gasteiger partial charge in [0.25, 0.3) is 0 Å². The minimum atomic E-state index is -3.43. The first-order chi connectivity index (χ1) is 10.6. The molecular weight excluding hydrogens is 302 g/mol. The smallest absolute Gasteiger partial charge is 0.248 e. The first-order valence-corrected chi connectivity index (χ1v) is 8.50. The third-order valence-electron chi connectivity index (χ3n) is 3.75. The number of nitrogens with one attached hydrogen (secondary N) is 1. The van der Waals surface area contributed by atoms with Crippen LogP contribution in [0.15, 0.2) is 58.4 Å². The SMILES string of the molecule is O=c1ccc(N2CCN(S(=O)(=O)c3ccccc3)CC2)c[nH]1. The van der Waals surface area contributed by atoms with Crippen LogP contribution in [0, 0.1) is 0 Å². The number of sulfonamides is 1. The van der Waals surface area contributed by atoms with Crippen LogP contribution in [0.5, 0.6) is 0 Å². The van der Waals surface area contributed by atoms with Crippen LogP contribution in [0.1, 0.15) is 0 Å². The van der Waals surface area contributed by atoms with Crippen LogP contribution in [0.3, 0.4) is 0 Å². The molecule has 0 unspecified atom stereocenters. The van der Waals surface area contributed by atoms with Crippen molar-refractivity contribution in [1.29, 1.82) is 0 Å². The number of aromatic nitrogens is 1. The van der Waals surface area contributed by atoms with Gasteiger partial charge in [0, 0.05) is 38.4 Å². The Morgan fingerprint density at radius 1 is 0.909 bits per heavy atom. The first kappa shape index (κ1) is 14.8. The molecule has 0 aliphatic carbocycles. The lowest BCUT2D eigenvalue weighted by Crippen LogP contribution is -2.48. The lowest BCUT2D eigenvalue weighted by Gasteiger charge is -2.35. The van der Waals surface area contributed by atoms with E-state index in [1.54, 1.807) is 42.6 Å². The van der Waals surface area contributed by atoms with Gasteiger partial charge in [-0.1, -0.05) is 18.2 Å². The fourth-order valence-corrected chi connectivity index (χ4v) is 3.97. The normalized spacial score (nSPS) is 16.6. The molecule has 0 atom stereocenters. The number of piperazine rings is 1. The van der Waals surface area contributed by atoms with Gasteiger partial charge in [-0.3, -0.25) is 4.79 Å². The van der Waals surface area contributed by atoms with Crippen molar-refractivity contribution in [2.24, 2.45) is 0 Å². The van der Waals surface area contributed by atoms with Crippen LogP contribution in [-0.2, 0) is 10.0 Å². The predicted molar refractivity (Wildman–Crippen MR) is 84.5 cm³/mol. The van der Waals surface area contributed by atoms with Gasteiger partial charge >= 0.3 is 0 Å². The first-order valence-electron chi connectivity index (χ1n) is 7.06. The average molecular weight is 319 g/mol. The number of nitrogens with zero attached hydrogens (tertiary/aromatic N) is 2. The summed E-state index contributed by atoms with van der Waals surface area (Å²) >= 11 is 0. The highest BCUT2D eigenvalue weighted by Gasteiger charge is 2.28. The number of H-pyrrole nitrogens is 1. The molecule has 116 valence electrons. The molecule has 2 heterocycles. The molecule has 1 aromatic carbocycles. The number of anilines is 1. The largest absolute Gasteiger partial charge is 0.368 e. The Balaban J connectivity index is 1.72. The van der Waals surface area contributed by atoms with Crippen molar-refractivity contribution in [3.63, 3.8) is 0 Å². The van der Waals surface area contributed by atoms with E-state index in [0.717, 1.165) is 5.69 Å². The van der Waals surface area contributed by atoms with Gasteiger partial charge < -0.3 is 9.88 Å². The Hall–Kier alpha value is -2.12. The maximum Gasteiger partial charge on any atom is 0.248 e. The molecule has 1 N–H and O–H groups in total. The van der Waals surface area contributed by atoms with E-state index in [-0.39, 0.29) is 5.56 Å². The molecule has 3 rings (SSSR count). The molecular formula is C15H17N3O3S. The molecule has 1 aliphatic rings. The van der Waals surface area contributed by atoms with Crippen LogP contribution in [0.25, 0.3) is 0 Å². The van der Waals surface area contributed by atoms with Crippen LogP contribution in [0.4, 0.5) is 5.69 Å². The second-order valence-corrected chi connectivity index (χ2v) is 7.05. The topological polar surface area (TPSA) is 73.5 Å². The van der Waals surface area contributed by atoms with Crippen LogP contribution >= 0.6 is 0 Å². The fraction of sp³-hybridized carbons (Fsp3) is 0.267. The highest BCUT2D eigenvalue weighted by Crippen LogP contribution is 2.19. The van der Waals surface area contributed by atoms with Crippen molar-refractivity contribution in [3.05, 3.63) is 59.0 Å². The summed E-state index contributed by atoms with van der Waals surface area (Å²) in [4.78, 5) is 16.1. The molecule has 1 saturated heterocycles. The molecule has 22 heavy (non-hydrogen) atoms. The zero-order valence-corrected chi connectivity index (χ0v) is 12.8. The molecule has 0 amide bonds. The Labute approximate surface area is 129 Å². The molecule has 1 aromatic heterocycles. The fourth-order valence-electron chi connectivity index (χ4n) is 2.53. The van der Waals surface area contributed by atoms with Gasteiger partial charge in [-0.05, 0) is 18.2 Å². The Bertz CT molecular complexity index is 774. The highest BCUT2D eigenvalue weighted by molar-refractivity contribution is 7.89. The zero-order valence-electron chi connectivity index (χ0n) is 12.0. The third kappa shape index (κ3) is 2.90. The molecule has 0 radical (unpaired) electrons. The molecule has 0 bridgehead atoms. The van der Waals surface area contributed by atoms with Gasteiger partial charge in [-0.25, -0.2) is 8.42 Å². The van der Waals surface area contributed by atoms with Crippen LogP contribution in [0.2, 0.25) is 0 Å². The predicted octanol–water partition coefficient (Wildman–Crippen LogP) is 0.886. The number of rotatable bonds is 3. The molecule has 1 fully saturated rings. The quantitative estimate of drug-likeness (QED) is 0.912. The number of pyridine rings is 1. The van der Waals surface area contributed by atoms with E-state index in [1.165, 1.54) is 10.4 Å². The van der Waals surface area contributed by atoms with Gasteiger partial charge in [0.15, 0.2) is 0 Å². The van der Waals surface area contributed by atoms with E-state index in [2.05, 4.69) is 9.88 Å². The van der Waals surface area contributed by atoms with Crippen molar-refractivity contribution in [3.8, 4) is 0 Å².